The second-order valence-corrected chi connectivity index (χ2v) is 4.76. The van der Waals surface area contributed by atoms with Crippen molar-refractivity contribution in [1.29, 1.82) is 0 Å². The highest BCUT2D eigenvalue weighted by atomic mass is 16.7. The van der Waals surface area contributed by atoms with Crippen LogP contribution in [0, 0.1) is 10.1 Å². The van der Waals surface area contributed by atoms with Crippen LogP contribution in [0.15, 0.2) is 18.2 Å². The van der Waals surface area contributed by atoms with E-state index in [1.165, 1.54) is 0 Å². The molecule has 1 fully saturated rings. The summed E-state index contributed by atoms with van der Waals surface area (Å²) in [5, 5.41) is 58.0. The van der Waals surface area contributed by atoms with Gasteiger partial charge >= 0.3 is 5.97 Å². The van der Waals surface area contributed by atoms with E-state index in [2.05, 4.69) is 0 Å². The van der Waals surface area contributed by atoms with E-state index in [9.17, 15) is 35.3 Å². The number of aliphatic carboxylic acids is 1. The standard InChI is InChI=1S/C12H13NO10/c14-5-3-4(13(20)21)1-2-6(5)22-12-9(17)7(15)8(16)10(23-12)11(18)19/h1-3,7-10,12,14-17H,(H,18,19)/t7-,8-,9+,10-,12+/m0/s1. The van der Waals surface area contributed by atoms with Gasteiger partial charge in [-0.15, -0.1) is 0 Å². The Kier molecular flexibility index (Phi) is 4.65. The summed E-state index contributed by atoms with van der Waals surface area (Å²) in [4.78, 5) is 20.8. The smallest absolute Gasteiger partial charge is 0.335 e. The van der Waals surface area contributed by atoms with Crippen LogP contribution in [0.3, 0.4) is 0 Å². The van der Waals surface area contributed by atoms with Gasteiger partial charge in [-0.05, 0) is 6.07 Å². The molecule has 0 amide bonds. The molecule has 0 spiro atoms. The molecule has 23 heavy (non-hydrogen) atoms. The number of rotatable bonds is 4. The number of nitro benzene ring substituents is 1. The van der Waals surface area contributed by atoms with Crippen molar-refractivity contribution in [3.63, 3.8) is 0 Å². The molecule has 1 aliphatic heterocycles. The number of aromatic hydroxyl groups is 1. The Bertz CT molecular complexity index is 620. The van der Waals surface area contributed by atoms with E-state index < -0.39 is 53.0 Å². The van der Waals surface area contributed by atoms with E-state index >= 15 is 0 Å². The van der Waals surface area contributed by atoms with Crippen LogP contribution in [0.2, 0.25) is 0 Å². The van der Waals surface area contributed by atoms with Gasteiger partial charge in [-0.25, -0.2) is 4.79 Å². The maximum atomic E-state index is 10.9. The number of benzene rings is 1. The Morgan fingerprint density at radius 1 is 1.22 bits per heavy atom. The average Bonchev–Trinajstić information content (AvgIpc) is 2.48. The number of phenolic OH excluding ortho intramolecular Hbond substituents is 1. The number of hydrogen-bond donors (Lipinski definition) is 5. The van der Waals surface area contributed by atoms with Crippen LogP contribution in [-0.2, 0) is 9.53 Å². The summed E-state index contributed by atoms with van der Waals surface area (Å²) in [5.74, 6) is -2.58. The van der Waals surface area contributed by atoms with Crippen LogP contribution in [0.5, 0.6) is 11.5 Å². The van der Waals surface area contributed by atoms with E-state index in [0.717, 1.165) is 18.2 Å². The predicted octanol–water partition coefficient (Wildman–Crippen LogP) is -1.43. The zero-order valence-electron chi connectivity index (χ0n) is 11.3. The fourth-order valence-electron chi connectivity index (χ4n) is 1.99. The van der Waals surface area contributed by atoms with E-state index in [1.807, 2.05) is 0 Å². The third-order valence-corrected chi connectivity index (χ3v) is 3.21. The van der Waals surface area contributed by atoms with E-state index in [4.69, 9.17) is 14.6 Å². The lowest BCUT2D eigenvalue weighted by Crippen LogP contribution is -2.61. The van der Waals surface area contributed by atoms with Crippen LogP contribution in [0.4, 0.5) is 5.69 Å². The number of carboxylic acids is 1. The van der Waals surface area contributed by atoms with Gasteiger partial charge in [0.15, 0.2) is 17.6 Å². The normalized spacial score (nSPS) is 30.7. The minimum atomic E-state index is -1.88. The van der Waals surface area contributed by atoms with Crippen LogP contribution in [0.25, 0.3) is 0 Å². The zero-order valence-corrected chi connectivity index (χ0v) is 11.3. The first-order valence-corrected chi connectivity index (χ1v) is 6.29. The Morgan fingerprint density at radius 3 is 2.39 bits per heavy atom. The second-order valence-electron chi connectivity index (χ2n) is 4.76. The number of carboxylic acid groups (broad SMARTS) is 1. The number of hydrogen-bond acceptors (Lipinski definition) is 9. The van der Waals surface area contributed by atoms with E-state index in [0.29, 0.717) is 0 Å². The molecule has 1 aromatic carbocycles. The summed E-state index contributed by atoms with van der Waals surface area (Å²) in [5.41, 5.74) is -0.418. The van der Waals surface area contributed by atoms with Crippen molar-refractivity contribution >= 4 is 11.7 Å². The van der Waals surface area contributed by atoms with Gasteiger partial charge in [-0.1, -0.05) is 0 Å². The maximum absolute atomic E-state index is 10.9. The molecule has 0 radical (unpaired) electrons. The fourth-order valence-corrected chi connectivity index (χ4v) is 1.99. The summed E-state index contributed by atoms with van der Waals surface area (Å²) < 4.78 is 9.91. The molecule has 1 saturated heterocycles. The molecule has 11 nitrogen and oxygen atoms in total. The number of nitrogens with zero attached hydrogens (tertiary/aromatic N) is 1. The Labute approximate surface area is 128 Å². The lowest BCUT2D eigenvalue weighted by molar-refractivity contribution is -0.385. The van der Waals surface area contributed by atoms with Crippen molar-refractivity contribution in [2.45, 2.75) is 30.7 Å². The van der Waals surface area contributed by atoms with E-state index in [-0.39, 0.29) is 5.75 Å². The predicted molar refractivity (Wildman–Crippen MR) is 69.7 cm³/mol. The van der Waals surface area contributed by atoms with Crippen molar-refractivity contribution in [2.24, 2.45) is 0 Å². The molecule has 1 heterocycles. The molecule has 2 rings (SSSR count). The number of non-ortho nitro benzene ring substituents is 1. The summed E-state index contributed by atoms with van der Waals surface area (Å²) >= 11 is 0. The van der Waals surface area contributed by atoms with Gasteiger partial charge in [0.25, 0.3) is 5.69 Å². The van der Waals surface area contributed by atoms with Gasteiger partial charge in [0.05, 0.1) is 11.0 Å². The molecule has 11 heteroatoms. The Morgan fingerprint density at radius 2 is 1.87 bits per heavy atom. The van der Waals surface area contributed by atoms with Gasteiger partial charge < -0.3 is 35.0 Å². The summed E-state index contributed by atoms with van der Waals surface area (Å²) in [6, 6.07) is 2.80. The van der Waals surface area contributed by atoms with Gasteiger partial charge in [0.1, 0.15) is 18.3 Å². The van der Waals surface area contributed by atoms with Crippen molar-refractivity contribution in [3.05, 3.63) is 28.3 Å². The topological polar surface area (TPSA) is 180 Å². The minimum Gasteiger partial charge on any atom is -0.504 e. The lowest BCUT2D eigenvalue weighted by Gasteiger charge is -2.38. The van der Waals surface area contributed by atoms with Crippen molar-refractivity contribution in [1.82, 2.24) is 0 Å². The number of aliphatic hydroxyl groups is 3. The Hall–Kier alpha value is -2.47. The SMILES string of the molecule is O=C(O)[C@H]1O[C@@H](Oc2ccc([N+](=O)[O-])cc2O)[C@H](O)[C@@H](O)[C@@H]1O. The first-order valence-electron chi connectivity index (χ1n) is 6.29. The number of carbonyl (C=O) groups is 1. The summed E-state index contributed by atoms with van der Waals surface area (Å²) in [7, 11) is 0. The molecular formula is C12H13NO10. The Balaban J connectivity index is 2.21. The molecular weight excluding hydrogens is 318 g/mol. The quantitative estimate of drug-likeness (QED) is 0.324. The lowest BCUT2D eigenvalue weighted by atomic mass is 9.99. The van der Waals surface area contributed by atoms with Crippen LogP contribution < -0.4 is 4.74 Å². The first kappa shape index (κ1) is 16.9. The highest BCUT2D eigenvalue weighted by Crippen LogP contribution is 2.33. The van der Waals surface area contributed by atoms with Gasteiger partial charge in [-0.2, -0.15) is 0 Å². The minimum absolute atomic E-state index is 0.340. The molecule has 126 valence electrons. The number of ether oxygens (including phenoxy) is 2. The van der Waals surface area contributed by atoms with Gasteiger partial charge in [0.2, 0.25) is 6.29 Å². The van der Waals surface area contributed by atoms with Gasteiger partial charge in [-0.3, -0.25) is 10.1 Å². The summed E-state index contributed by atoms with van der Waals surface area (Å²) in [6.45, 7) is 0. The van der Waals surface area contributed by atoms with Crippen molar-refractivity contribution in [2.75, 3.05) is 0 Å². The van der Waals surface area contributed by atoms with Crippen molar-refractivity contribution in [3.8, 4) is 11.5 Å². The number of nitro groups is 1. The first-order chi connectivity index (χ1) is 10.7. The largest absolute Gasteiger partial charge is 0.504 e. The van der Waals surface area contributed by atoms with Crippen LogP contribution >= 0.6 is 0 Å². The molecule has 0 unspecified atom stereocenters. The molecule has 1 aliphatic rings. The molecule has 0 bridgehead atoms. The molecule has 0 aromatic heterocycles. The maximum Gasteiger partial charge on any atom is 0.335 e. The third-order valence-electron chi connectivity index (χ3n) is 3.21. The number of phenols is 1. The highest BCUT2D eigenvalue weighted by Gasteiger charge is 2.48. The zero-order chi connectivity index (χ0) is 17.3. The monoisotopic (exact) mass is 331 g/mol. The van der Waals surface area contributed by atoms with Crippen LogP contribution in [-0.4, -0.2) is 67.1 Å². The molecule has 5 atom stereocenters. The fraction of sp³-hybridized carbons (Fsp3) is 0.417. The second kappa shape index (κ2) is 6.34. The highest BCUT2D eigenvalue weighted by molar-refractivity contribution is 5.73. The molecule has 0 aliphatic carbocycles. The van der Waals surface area contributed by atoms with Crippen LogP contribution in [0.1, 0.15) is 0 Å². The molecule has 1 aromatic rings. The number of aliphatic hydroxyl groups excluding tert-OH is 3. The third kappa shape index (κ3) is 3.32. The average molecular weight is 331 g/mol. The van der Waals surface area contributed by atoms with Gasteiger partial charge in [0, 0.05) is 6.07 Å². The van der Waals surface area contributed by atoms with Crippen molar-refractivity contribution < 1.29 is 44.7 Å². The van der Waals surface area contributed by atoms with E-state index in [1.54, 1.807) is 0 Å². The molecule has 0 saturated carbocycles. The summed E-state index contributed by atoms with van der Waals surface area (Å²) in [6.07, 6.45) is -9.14. The molecule has 5 N–H and O–H groups in total.